The topological polar surface area (TPSA) is 102 Å². The normalized spacial score (nSPS) is 14.9. The van der Waals surface area contributed by atoms with Crippen LogP contribution in [0.2, 0.25) is 0 Å². The number of phenolic OH excluding ortho intramolecular Hbond substituents is 1. The molecule has 0 aromatic heterocycles. The number of carbonyl (C=O) groups is 2. The van der Waals surface area contributed by atoms with Gasteiger partial charge in [0.2, 0.25) is 5.78 Å². The summed E-state index contributed by atoms with van der Waals surface area (Å²) in [6, 6.07) is 7.86. The predicted octanol–water partition coefficient (Wildman–Crippen LogP) is 3.16. The first-order valence-corrected chi connectivity index (χ1v) is 8.08. The number of hydrogen-bond acceptors (Lipinski definition) is 7. The third kappa shape index (κ3) is 3.08. The molecule has 3 rings (SSSR count). The van der Waals surface area contributed by atoms with Crippen molar-refractivity contribution in [1.29, 1.82) is 0 Å². The van der Waals surface area contributed by atoms with E-state index in [1.165, 1.54) is 27.2 Å². The van der Waals surface area contributed by atoms with Crippen molar-refractivity contribution in [1.82, 2.24) is 0 Å². The molecule has 0 unspecified atom stereocenters. The Morgan fingerprint density at radius 3 is 2.37 bits per heavy atom. The van der Waals surface area contributed by atoms with Crippen molar-refractivity contribution >= 4 is 17.3 Å². The summed E-state index contributed by atoms with van der Waals surface area (Å²) in [5.74, 6) is -1.08. The average Bonchev–Trinajstić information content (AvgIpc) is 2.66. The number of ketones is 2. The van der Waals surface area contributed by atoms with Crippen LogP contribution in [0.25, 0.3) is 5.76 Å². The average molecular weight is 370 g/mol. The number of methoxy groups -OCH3 is 2. The Labute approximate surface area is 155 Å². The van der Waals surface area contributed by atoms with Crippen LogP contribution in [0.1, 0.15) is 33.2 Å². The lowest BCUT2D eigenvalue weighted by atomic mass is 9.93. The molecule has 140 valence electrons. The summed E-state index contributed by atoms with van der Waals surface area (Å²) in [4.78, 5) is 24.8. The molecule has 2 aromatic rings. The first kappa shape index (κ1) is 18.3. The largest absolute Gasteiger partial charge is 0.507 e. The molecule has 7 nitrogen and oxygen atoms in total. The number of aliphatic hydroxyl groups is 1. The zero-order valence-corrected chi connectivity index (χ0v) is 15.0. The van der Waals surface area contributed by atoms with E-state index < -0.39 is 17.3 Å². The van der Waals surface area contributed by atoms with E-state index in [1.807, 2.05) is 0 Å². The lowest BCUT2D eigenvalue weighted by Crippen LogP contribution is -2.22. The molecule has 2 N–H and O–H groups in total. The summed E-state index contributed by atoms with van der Waals surface area (Å²) < 4.78 is 15.7. The second-order valence-electron chi connectivity index (χ2n) is 5.91. The standard InChI is InChI=1S/C20H18O7/c1-10(21)16-14(26-3)8-15-17(20(16)24)19(23)13(9-27-15)18(22)11-4-6-12(25-2)7-5-11/h4-8,22,24H,9H2,1-3H3/b18-13-. The molecule has 0 spiro atoms. The summed E-state index contributed by atoms with van der Waals surface area (Å²) in [5, 5.41) is 21.0. The van der Waals surface area contributed by atoms with E-state index >= 15 is 0 Å². The van der Waals surface area contributed by atoms with Crippen LogP contribution in [0.4, 0.5) is 0 Å². The summed E-state index contributed by atoms with van der Waals surface area (Å²) in [6.07, 6.45) is 0. The van der Waals surface area contributed by atoms with Crippen LogP contribution in [-0.4, -0.2) is 42.6 Å². The number of carbonyl (C=O) groups excluding carboxylic acids is 2. The van der Waals surface area contributed by atoms with Gasteiger partial charge in [0.1, 0.15) is 46.5 Å². The lowest BCUT2D eigenvalue weighted by Gasteiger charge is -2.23. The van der Waals surface area contributed by atoms with Gasteiger partial charge in [-0.2, -0.15) is 0 Å². The predicted molar refractivity (Wildman–Crippen MR) is 97.0 cm³/mol. The molecule has 0 saturated heterocycles. The highest BCUT2D eigenvalue weighted by Gasteiger charge is 2.33. The maximum atomic E-state index is 12.9. The smallest absolute Gasteiger partial charge is 0.203 e. The second-order valence-corrected chi connectivity index (χ2v) is 5.91. The number of Topliss-reactive ketones (excluding diaryl/α,β-unsaturated/α-hetero) is 2. The van der Waals surface area contributed by atoms with Gasteiger partial charge in [-0.3, -0.25) is 9.59 Å². The Hall–Kier alpha value is -3.48. The van der Waals surface area contributed by atoms with Gasteiger partial charge < -0.3 is 24.4 Å². The van der Waals surface area contributed by atoms with E-state index in [0.29, 0.717) is 11.3 Å². The molecule has 2 aromatic carbocycles. The van der Waals surface area contributed by atoms with Crippen LogP contribution in [0, 0.1) is 0 Å². The van der Waals surface area contributed by atoms with Crippen molar-refractivity contribution in [3.8, 4) is 23.0 Å². The van der Waals surface area contributed by atoms with Crippen molar-refractivity contribution in [3.63, 3.8) is 0 Å². The first-order valence-electron chi connectivity index (χ1n) is 8.08. The minimum absolute atomic E-state index is 0.0253. The molecule has 0 bridgehead atoms. The van der Waals surface area contributed by atoms with Crippen molar-refractivity contribution in [2.75, 3.05) is 20.8 Å². The number of aromatic hydroxyl groups is 1. The SMILES string of the molecule is COc1ccc(/C(O)=C2\COc3cc(OC)c(C(C)=O)c(O)c3C2=O)cc1. The number of benzene rings is 2. The van der Waals surface area contributed by atoms with E-state index in [9.17, 15) is 19.8 Å². The van der Waals surface area contributed by atoms with Crippen LogP contribution < -0.4 is 14.2 Å². The zero-order valence-electron chi connectivity index (χ0n) is 15.0. The minimum Gasteiger partial charge on any atom is -0.507 e. The minimum atomic E-state index is -0.618. The van der Waals surface area contributed by atoms with Gasteiger partial charge in [-0.1, -0.05) is 0 Å². The van der Waals surface area contributed by atoms with Gasteiger partial charge in [-0.25, -0.2) is 0 Å². The summed E-state index contributed by atoms with van der Waals surface area (Å²) in [6.45, 7) is 1.06. The number of phenols is 1. The van der Waals surface area contributed by atoms with Gasteiger partial charge in [-0.15, -0.1) is 0 Å². The second kappa shape index (κ2) is 7.03. The van der Waals surface area contributed by atoms with Gasteiger partial charge in [0.05, 0.1) is 19.8 Å². The molecule has 0 radical (unpaired) electrons. The van der Waals surface area contributed by atoms with Gasteiger partial charge in [0.15, 0.2) is 5.78 Å². The molecule has 0 atom stereocenters. The number of fused-ring (bicyclic) bond motifs is 1. The molecule has 7 heteroatoms. The molecule has 0 amide bonds. The number of hydrogen-bond donors (Lipinski definition) is 2. The Balaban J connectivity index is 2.12. The Morgan fingerprint density at radius 2 is 1.81 bits per heavy atom. The summed E-state index contributed by atoms with van der Waals surface area (Å²) in [7, 11) is 2.87. The van der Waals surface area contributed by atoms with Crippen LogP contribution >= 0.6 is 0 Å². The van der Waals surface area contributed by atoms with Crippen molar-refractivity contribution in [3.05, 3.63) is 52.6 Å². The fourth-order valence-corrected chi connectivity index (χ4v) is 2.92. The van der Waals surface area contributed by atoms with E-state index in [1.54, 1.807) is 24.3 Å². The monoisotopic (exact) mass is 370 g/mol. The van der Waals surface area contributed by atoms with E-state index in [4.69, 9.17) is 14.2 Å². The fourth-order valence-electron chi connectivity index (χ4n) is 2.92. The van der Waals surface area contributed by atoms with Crippen LogP contribution in [0.15, 0.2) is 35.9 Å². The van der Waals surface area contributed by atoms with Gasteiger partial charge in [-0.05, 0) is 31.2 Å². The van der Waals surface area contributed by atoms with Gasteiger partial charge >= 0.3 is 0 Å². The lowest BCUT2D eigenvalue weighted by molar-refractivity contribution is 0.0993. The van der Waals surface area contributed by atoms with Crippen LogP contribution in [-0.2, 0) is 0 Å². The summed E-state index contributed by atoms with van der Waals surface area (Å²) >= 11 is 0. The molecular formula is C20H18O7. The first-order chi connectivity index (χ1) is 12.9. The maximum Gasteiger partial charge on any atom is 0.203 e. The van der Waals surface area contributed by atoms with E-state index in [2.05, 4.69) is 0 Å². The number of ether oxygens (including phenoxy) is 3. The van der Waals surface area contributed by atoms with Crippen LogP contribution in [0.5, 0.6) is 23.0 Å². The number of rotatable bonds is 4. The van der Waals surface area contributed by atoms with Gasteiger partial charge in [0.25, 0.3) is 0 Å². The molecule has 1 aliphatic heterocycles. The third-order valence-electron chi connectivity index (χ3n) is 4.32. The fraction of sp³-hybridized carbons (Fsp3) is 0.200. The molecular weight excluding hydrogens is 352 g/mol. The molecule has 1 heterocycles. The maximum absolute atomic E-state index is 12.9. The van der Waals surface area contributed by atoms with Crippen molar-refractivity contribution < 1.29 is 34.0 Å². The van der Waals surface area contributed by atoms with Crippen LogP contribution in [0.3, 0.4) is 0 Å². The van der Waals surface area contributed by atoms with Crippen molar-refractivity contribution in [2.24, 2.45) is 0 Å². The molecule has 0 saturated carbocycles. The Morgan fingerprint density at radius 1 is 1.15 bits per heavy atom. The quantitative estimate of drug-likeness (QED) is 0.484. The third-order valence-corrected chi connectivity index (χ3v) is 4.32. The molecule has 27 heavy (non-hydrogen) atoms. The number of aliphatic hydroxyl groups excluding tert-OH is 1. The Bertz CT molecular complexity index is 955. The van der Waals surface area contributed by atoms with Crippen molar-refractivity contribution in [2.45, 2.75) is 6.92 Å². The highest BCUT2D eigenvalue weighted by Crippen LogP contribution is 2.42. The highest BCUT2D eigenvalue weighted by atomic mass is 16.5. The van der Waals surface area contributed by atoms with E-state index in [0.717, 1.165) is 0 Å². The molecule has 1 aliphatic rings. The highest BCUT2D eigenvalue weighted by molar-refractivity contribution is 6.18. The summed E-state index contributed by atoms with van der Waals surface area (Å²) in [5.41, 5.74) is 0.0781. The van der Waals surface area contributed by atoms with Gasteiger partial charge in [0, 0.05) is 11.6 Å². The van der Waals surface area contributed by atoms with E-state index in [-0.39, 0.29) is 40.6 Å². The molecule has 0 fully saturated rings. The zero-order chi connectivity index (χ0) is 19.7. The Kier molecular flexibility index (Phi) is 4.77. The molecule has 0 aliphatic carbocycles.